The van der Waals surface area contributed by atoms with Gasteiger partial charge in [0.2, 0.25) is 0 Å². The summed E-state index contributed by atoms with van der Waals surface area (Å²) in [6, 6.07) is 51.0. The molecule has 2 heterocycles. The Hall–Kier alpha value is -6.82. The fraction of sp³-hybridized carbons (Fsp3) is 0.0943. The third kappa shape index (κ3) is 4.57. The molecule has 8 aromatic rings. The molecule has 6 aromatic carbocycles. The van der Waals surface area contributed by atoms with Crippen molar-refractivity contribution in [1.29, 1.82) is 0 Å². The average Bonchev–Trinajstić information content (AvgIpc) is 3.65. The van der Waals surface area contributed by atoms with Crippen LogP contribution in [0.3, 0.4) is 0 Å². The zero-order chi connectivity index (χ0) is 37.3. The van der Waals surface area contributed by atoms with Gasteiger partial charge in [-0.1, -0.05) is 103 Å². The number of hydrogen-bond acceptors (Lipinski definition) is 2. The van der Waals surface area contributed by atoms with Crippen molar-refractivity contribution in [3.8, 4) is 45.7 Å². The van der Waals surface area contributed by atoms with Crippen LogP contribution in [0.4, 0.5) is 0 Å². The standard InChI is InChI=1S/C53H38N2/c1-5-7-19-34(6-2)50-40-30-38-36-22-11-13-24-44(36)53(4,49-27-16-18-29-55-49)47(38)33-43(40)51(35-20-9-8-10-21-35)41-31-39-37-23-12-14-25-45(37)52(3,46(39)32-42(41)50)48-26-15-17-28-54-48/h1,6-33H,2-4H3/b19-7-,34-6+. The van der Waals surface area contributed by atoms with E-state index in [2.05, 4.69) is 166 Å². The average molecular weight is 703 g/mol. The molecule has 2 atom stereocenters. The largest absolute Gasteiger partial charge is 0.260 e. The Morgan fingerprint density at radius 1 is 0.545 bits per heavy atom. The minimum absolute atomic E-state index is 0.446. The highest BCUT2D eigenvalue weighted by Crippen LogP contribution is 2.57. The molecule has 2 aliphatic rings. The van der Waals surface area contributed by atoms with E-state index >= 15 is 0 Å². The van der Waals surface area contributed by atoms with Crippen molar-refractivity contribution in [3.05, 3.63) is 209 Å². The van der Waals surface area contributed by atoms with Crippen LogP contribution in [0.1, 0.15) is 60.0 Å². The van der Waals surface area contributed by atoms with Crippen molar-refractivity contribution < 1.29 is 0 Å². The van der Waals surface area contributed by atoms with Crippen LogP contribution >= 0.6 is 0 Å². The van der Waals surface area contributed by atoms with Gasteiger partial charge < -0.3 is 0 Å². The number of hydrogen-bond donors (Lipinski definition) is 0. The smallest absolute Gasteiger partial charge is 0.0607 e. The molecule has 2 aliphatic carbocycles. The van der Waals surface area contributed by atoms with E-state index in [1.54, 1.807) is 0 Å². The van der Waals surface area contributed by atoms with E-state index in [1.165, 1.54) is 82.7 Å². The first-order chi connectivity index (χ1) is 27.0. The van der Waals surface area contributed by atoms with Gasteiger partial charge in [0.15, 0.2) is 0 Å². The molecule has 2 unspecified atom stereocenters. The maximum absolute atomic E-state index is 5.89. The molecule has 2 heteroatoms. The van der Waals surface area contributed by atoms with Crippen molar-refractivity contribution in [3.63, 3.8) is 0 Å². The predicted molar refractivity (Wildman–Crippen MR) is 229 cm³/mol. The Balaban J connectivity index is 1.42. The van der Waals surface area contributed by atoms with Crippen LogP contribution in [0.2, 0.25) is 0 Å². The number of benzene rings is 6. The van der Waals surface area contributed by atoms with Crippen LogP contribution in [0.25, 0.3) is 60.5 Å². The van der Waals surface area contributed by atoms with E-state index in [0.717, 1.165) is 17.0 Å². The molecule has 0 saturated carbocycles. The number of nitrogens with zero attached hydrogens (tertiary/aromatic N) is 2. The van der Waals surface area contributed by atoms with E-state index in [-0.39, 0.29) is 0 Å². The lowest BCUT2D eigenvalue weighted by Gasteiger charge is -2.29. The second-order valence-electron chi connectivity index (χ2n) is 15.0. The second-order valence-corrected chi connectivity index (χ2v) is 15.0. The second kappa shape index (κ2) is 12.4. The van der Waals surface area contributed by atoms with Gasteiger partial charge >= 0.3 is 0 Å². The van der Waals surface area contributed by atoms with E-state index < -0.39 is 10.8 Å². The monoisotopic (exact) mass is 702 g/mol. The van der Waals surface area contributed by atoms with Crippen LogP contribution in [-0.2, 0) is 10.8 Å². The normalized spacial score (nSPS) is 18.3. The summed E-state index contributed by atoms with van der Waals surface area (Å²) in [4.78, 5) is 9.98. The lowest BCUT2D eigenvalue weighted by atomic mass is 9.74. The Morgan fingerprint density at radius 3 is 1.58 bits per heavy atom. The van der Waals surface area contributed by atoms with Gasteiger partial charge in [-0.3, -0.25) is 9.97 Å². The molecule has 2 nitrogen and oxygen atoms in total. The Morgan fingerprint density at radius 2 is 1.04 bits per heavy atom. The topological polar surface area (TPSA) is 25.8 Å². The minimum Gasteiger partial charge on any atom is -0.260 e. The fourth-order valence-corrected chi connectivity index (χ4v) is 9.75. The summed E-state index contributed by atoms with van der Waals surface area (Å²) in [5, 5.41) is 4.79. The van der Waals surface area contributed by atoms with Gasteiger partial charge in [0, 0.05) is 12.4 Å². The summed E-state index contributed by atoms with van der Waals surface area (Å²) >= 11 is 0. The van der Waals surface area contributed by atoms with Gasteiger partial charge in [0.1, 0.15) is 0 Å². The Kier molecular flexibility index (Phi) is 7.38. The maximum atomic E-state index is 5.89. The Bertz CT molecular complexity index is 2950. The molecule has 0 radical (unpaired) electrons. The molecule has 10 rings (SSSR count). The van der Waals surface area contributed by atoms with Gasteiger partial charge in [-0.25, -0.2) is 0 Å². The van der Waals surface area contributed by atoms with E-state index in [4.69, 9.17) is 16.4 Å². The van der Waals surface area contributed by atoms with Crippen LogP contribution in [0, 0.1) is 12.3 Å². The first-order valence-corrected chi connectivity index (χ1v) is 19.0. The van der Waals surface area contributed by atoms with Crippen molar-refractivity contribution in [1.82, 2.24) is 9.97 Å². The van der Waals surface area contributed by atoms with E-state index in [1.807, 2.05) is 30.6 Å². The van der Waals surface area contributed by atoms with Crippen LogP contribution in [0.5, 0.6) is 0 Å². The van der Waals surface area contributed by atoms with Gasteiger partial charge in [0.05, 0.1) is 22.2 Å². The SMILES string of the molecule is C#C/C=C\C(=C/C)c1c2cc3c(cc2c(-c2ccccc2)c2cc4c(cc12)-c1ccccc1C4(C)c1ccccn1)-c1ccccc1C3(C)c1ccccn1. The first-order valence-electron chi connectivity index (χ1n) is 19.0. The zero-order valence-corrected chi connectivity index (χ0v) is 31.1. The summed E-state index contributed by atoms with van der Waals surface area (Å²) in [7, 11) is 0. The molecule has 0 N–H and O–H groups in total. The van der Waals surface area contributed by atoms with Gasteiger partial charge in [-0.15, -0.1) is 6.42 Å². The first kappa shape index (κ1) is 32.8. The van der Waals surface area contributed by atoms with Crippen LogP contribution in [-0.4, -0.2) is 9.97 Å². The quantitative estimate of drug-likeness (QED) is 0.101. The minimum atomic E-state index is -0.452. The molecule has 260 valence electrons. The van der Waals surface area contributed by atoms with Gasteiger partial charge in [0.25, 0.3) is 0 Å². The third-order valence-electron chi connectivity index (χ3n) is 12.4. The molecular weight excluding hydrogens is 665 g/mol. The summed E-state index contributed by atoms with van der Waals surface area (Å²) < 4.78 is 0. The number of rotatable bonds is 5. The van der Waals surface area contributed by atoms with Crippen molar-refractivity contribution in [2.45, 2.75) is 31.6 Å². The van der Waals surface area contributed by atoms with Crippen molar-refractivity contribution in [2.75, 3.05) is 0 Å². The highest BCUT2D eigenvalue weighted by atomic mass is 14.7. The summed E-state index contributed by atoms with van der Waals surface area (Å²) in [6.07, 6.45) is 15.8. The van der Waals surface area contributed by atoms with E-state index in [9.17, 15) is 0 Å². The molecule has 0 amide bonds. The molecule has 0 aliphatic heterocycles. The molecular formula is C53H38N2. The molecule has 2 aromatic heterocycles. The van der Waals surface area contributed by atoms with E-state index in [0.29, 0.717) is 0 Å². The Labute approximate surface area is 322 Å². The highest BCUT2D eigenvalue weighted by Gasteiger charge is 2.44. The molecule has 0 spiro atoms. The number of pyridine rings is 2. The summed E-state index contributed by atoms with van der Waals surface area (Å²) in [6.45, 7) is 6.79. The number of fused-ring (bicyclic) bond motifs is 8. The van der Waals surface area contributed by atoms with Gasteiger partial charge in [-0.2, -0.15) is 0 Å². The third-order valence-corrected chi connectivity index (χ3v) is 12.4. The van der Waals surface area contributed by atoms with Crippen LogP contribution < -0.4 is 0 Å². The van der Waals surface area contributed by atoms with Gasteiger partial charge in [-0.05, 0) is 170 Å². The summed E-state index contributed by atoms with van der Waals surface area (Å²) in [5.74, 6) is 2.77. The molecule has 0 fully saturated rings. The molecule has 55 heavy (non-hydrogen) atoms. The number of terminal acetylenes is 1. The fourth-order valence-electron chi connectivity index (χ4n) is 9.75. The number of aromatic nitrogens is 2. The zero-order valence-electron chi connectivity index (χ0n) is 31.1. The molecule has 0 bridgehead atoms. The predicted octanol–water partition coefficient (Wildman–Crippen LogP) is 12.7. The maximum Gasteiger partial charge on any atom is 0.0607 e. The lowest BCUT2D eigenvalue weighted by molar-refractivity contribution is 0.685. The van der Waals surface area contributed by atoms with Crippen molar-refractivity contribution in [2.24, 2.45) is 0 Å². The summed E-state index contributed by atoms with van der Waals surface area (Å²) in [5.41, 5.74) is 15.9. The highest BCUT2D eigenvalue weighted by molar-refractivity contribution is 6.21. The lowest BCUT2D eigenvalue weighted by Crippen LogP contribution is -2.24. The number of allylic oxidation sites excluding steroid dienone is 4. The molecule has 0 saturated heterocycles. The van der Waals surface area contributed by atoms with Crippen molar-refractivity contribution >= 4 is 27.1 Å². The van der Waals surface area contributed by atoms with Crippen LogP contribution in [0.15, 0.2) is 170 Å².